The van der Waals surface area contributed by atoms with Gasteiger partial charge in [0.1, 0.15) is 29.7 Å². The minimum Gasteiger partial charge on any atom is -0.494 e. The van der Waals surface area contributed by atoms with Gasteiger partial charge in [-0.3, -0.25) is 19.7 Å². The van der Waals surface area contributed by atoms with Crippen molar-refractivity contribution < 1.29 is 24.0 Å². The molecule has 2 aromatic carbocycles. The Morgan fingerprint density at radius 1 is 1.26 bits per heavy atom. The largest absolute Gasteiger partial charge is 0.494 e. The quantitative estimate of drug-likeness (QED) is 0.212. The summed E-state index contributed by atoms with van der Waals surface area (Å²) in [4.78, 5) is 35.8. The average Bonchev–Trinajstić information content (AvgIpc) is 2.80. The fraction of sp³-hybridized carbons (Fsp3) is 0.286. The van der Waals surface area contributed by atoms with Crippen LogP contribution in [0.25, 0.3) is 0 Å². The van der Waals surface area contributed by atoms with Crippen LogP contribution in [0.3, 0.4) is 0 Å². The molecule has 0 saturated carbocycles. The maximum absolute atomic E-state index is 11.8. The van der Waals surface area contributed by atoms with Gasteiger partial charge in [-0.25, -0.2) is 0 Å². The first-order valence-corrected chi connectivity index (χ1v) is 10.6. The monoisotopic (exact) mass is 532 g/mol. The van der Waals surface area contributed by atoms with Crippen molar-refractivity contribution in [3.63, 3.8) is 0 Å². The number of halogens is 1. The Bertz CT molecular complexity index is 1190. The van der Waals surface area contributed by atoms with Gasteiger partial charge in [0.05, 0.1) is 40.6 Å². The van der Waals surface area contributed by atoms with Gasteiger partial charge in [0.15, 0.2) is 0 Å². The van der Waals surface area contributed by atoms with Crippen molar-refractivity contribution in [3.8, 4) is 11.8 Å². The topological polar surface area (TPSA) is 160 Å². The smallest absolute Gasteiger partial charge is 0.325 e. The molecule has 12 nitrogen and oxygen atoms in total. The summed E-state index contributed by atoms with van der Waals surface area (Å²) < 4.78 is 10.4. The number of hydrogen-bond donors (Lipinski definition) is 1. The van der Waals surface area contributed by atoms with Gasteiger partial charge in [0, 0.05) is 31.7 Å². The molecule has 13 heteroatoms. The van der Waals surface area contributed by atoms with Crippen LogP contribution in [-0.2, 0) is 14.3 Å². The summed E-state index contributed by atoms with van der Waals surface area (Å²) in [6.45, 7) is 3.54. The van der Waals surface area contributed by atoms with E-state index in [2.05, 4.69) is 31.5 Å². The van der Waals surface area contributed by atoms with E-state index in [0.717, 1.165) is 6.07 Å². The summed E-state index contributed by atoms with van der Waals surface area (Å²) in [5, 5.41) is 31.4. The summed E-state index contributed by atoms with van der Waals surface area (Å²) in [5.41, 5.74) is 0.700. The number of benzene rings is 2. The lowest BCUT2D eigenvalue weighted by Gasteiger charge is -2.25. The van der Waals surface area contributed by atoms with Crippen molar-refractivity contribution in [2.75, 3.05) is 37.5 Å². The number of nitro groups is 1. The van der Waals surface area contributed by atoms with Crippen LogP contribution in [0.4, 0.5) is 28.4 Å². The van der Waals surface area contributed by atoms with Gasteiger partial charge in [-0.1, -0.05) is 0 Å². The van der Waals surface area contributed by atoms with E-state index in [0.29, 0.717) is 18.0 Å². The molecule has 2 aromatic rings. The number of methoxy groups -OCH3 is 2. The molecule has 0 radical (unpaired) electrons. The molecule has 0 saturated heterocycles. The Hall–Kier alpha value is -4.05. The van der Waals surface area contributed by atoms with Crippen molar-refractivity contribution in [3.05, 3.63) is 44.4 Å². The van der Waals surface area contributed by atoms with Crippen molar-refractivity contribution in [1.29, 1.82) is 5.26 Å². The molecule has 178 valence electrons. The number of ether oxygens (including phenoxy) is 2. The molecule has 0 fully saturated rings. The molecule has 1 amide bonds. The number of nitriles is 1. The van der Waals surface area contributed by atoms with E-state index >= 15 is 0 Å². The molecule has 0 aliphatic heterocycles. The van der Waals surface area contributed by atoms with Gasteiger partial charge in [0.25, 0.3) is 5.69 Å². The number of nitrogens with zero attached hydrogens (tertiary/aromatic N) is 5. The first-order chi connectivity index (χ1) is 16.1. The number of likely N-dealkylation sites (N-methyl/N-ethyl adjacent to an activating group) is 1. The summed E-state index contributed by atoms with van der Waals surface area (Å²) in [5.74, 6) is -0.490. The number of nitrogens with one attached hydrogen (secondary N) is 1. The van der Waals surface area contributed by atoms with E-state index in [1.807, 2.05) is 13.0 Å². The van der Waals surface area contributed by atoms with Gasteiger partial charge >= 0.3 is 5.97 Å². The van der Waals surface area contributed by atoms with Crippen LogP contribution in [0.15, 0.2) is 39.0 Å². The molecular weight excluding hydrogens is 512 g/mol. The van der Waals surface area contributed by atoms with E-state index in [-0.39, 0.29) is 45.2 Å². The Balaban J connectivity index is 2.62. The number of rotatable bonds is 9. The standard InChI is InChI=1S/C21H21BrN6O6/c1-5-27(11-20(30)34-4)18-8-16(24-12(2)29)17(9-19(18)33-3)25-26-21-13(10-23)6-14(28(31)32)7-15(21)22/h6-9H,5,11H2,1-4H3,(H,24,29). The van der Waals surface area contributed by atoms with Crippen LogP contribution in [0.1, 0.15) is 19.4 Å². The van der Waals surface area contributed by atoms with E-state index < -0.39 is 10.9 Å². The van der Waals surface area contributed by atoms with Crippen LogP contribution in [0.2, 0.25) is 0 Å². The second kappa shape index (κ2) is 11.7. The second-order valence-corrected chi connectivity index (χ2v) is 7.56. The Kier molecular flexibility index (Phi) is 9.02. The molecule has 0 heterocycles. The van der Waals surface area contributed by atoms with Crippen molar-refractivity contribution in [1.82, 2.24) is 0 Å². The third kappa shape index (κ3) is 6.26. The lowest BCUT2D eigenvalue weighted by molar-refractivity contribution is -0.384. The molecule has 0 aliphatic carbocycles. The first kappa shape index (κ1) is 26.2. The van der Waals surface area contributed by atoms with Gasteiger partial charge < -0.3 is 19.7 Å². The number of esters is 1. The molecule has 0 bridgehead atoms. The number of anilines is 2. The Morgan fingerprint density at radius 3 is 2.50 bits per heavy atom. The molecular formula is C21H21BrN6O6. The molecule has 0 aromatic heterocycles. The Morgan fingerprint density at radius 2 is 1.97 bits per heavy atom. The number of azo groups is 1. The highest BCUT2D eigenvalue weighted by atomic mass is 79.9. The van der Waals surface area contributed by atoms with Crippen LogP contribution < -0.4 is 15.0 Å². The SMILES string of the molecule is CCN(CC(=O)OC)c1cc(NC(C)=O)c(N=Nc2c(Br)cc([N+](=O)[O-])cc2C#N)cc1OC. The zero-order valence-corrected chi connectivity index (χ0v) is 20.4. The zero-order valence-electron chi connectivity index (χ0n) is 18.8. The minimum atomic E-state index is -0.626. The molecule has 1 N–H and O–H groups in total. The molecule has 2 rings (SSSR count). The van der Waals surface area contributed by atoms with Crippen LogP contribution in [0, 0.1) is 21.4 Å². The normalized spacial score (nSPS) is 10.5. The fourth-order valence-electron chi connectivity index (χ4n) is 2.91. The minimum absolute atomic E-state index is 0.0506. The lowest BCUT2D eigenvalue weighted by atomic mass is 10.2. The fourth-order valence-corrected chi connectivity index (χ4v) is 3.44. The predicted molar refractivity (Wildman–Crippen MR) is 127 cm³/mol. The number of carbonyl (C=O) groups is 2. The number of hydrogen-bond acceptors (Lipinski definition) is 10. The maximum atomic E-state index is 11.8. The number of amides is 1. The molecule has 0 aliphatic rings. The molecule has 0 atom stereocenters. The van der Waals surface area contributed by atoms with Crippen molar-refractivity contribution in [2.45, 2.75) is 13.8 Å². The number of nitro benzene ring substituents is 1. The average molecular weight is 533 g/mol. The van der Waals surface area contributed by atoms with Gasteiger partial charge in [-0.2, -0.15) is 5.26 Å². The zero-order chi connectivity index (χ0) is 25.4. The van der Waals surface area contributed by atoms with Gasteiger partial charge in [-0.05, 0) is 28.9 Å². The summed E-state index contributed by atoms with van der Waals surface area (Å²) in [6, 6.07) is 7.24. The third-order valence-electron chi connectivity index (χ3n) is 4.52. The molecule has 0 unspecified atom stereocenters. The van der Waals surface area contributed by atoms with Gasteiger partial charge in [0.2, 0.25) is 5.91 Å². The van der Waals surface area contributed by atoms with E-state index in [1.165, 1.54) is 33.3 Å². The maximum Gasteiger partial charge on any atom is 0.325 e. The first-order valence-electron chi connectivity index (χ1n) is 9.76. The second-order valence-electron chi connectivity index (χ2n) is 6.71. The van der Waals surface area contributed by atoms with Crippen LogP contribution in [-0.4, -0.2) is 44.1 Å². The van der Waals surface area contributed by atoms with Crippen molar-refractivity contribution >= 4 is 56.2 Å². The number of carbonyl (C=O) groups excluding carboxylic acids is 2. The van der Waals surface area contributed by atoms with Crippen LogP contribution >= 0.6 is 15.9 Å². The van der Waals surface area contributed by atoms with E-state index in [1.54, 1.807) is 11.0 Å². The molecule has 34 heavy (non-hydrogen) atoms. The van der Waals surface area contributed by atoms with Crippen LogP contribution in [0.5, 0.6) is 5.75 Å². The van der Waals surface area contributed by atoms with E-state index in [9.17, 15) is 25.0 Å². The lowest BCUT2D eigenvalue weighted by Crippen LogP contribution is -2.30. The van der Waals surface area contributed by atoms with Crippen molar-refractivity contribution in [2.24, 2.45) is 10.2 Å². The summed E-state index contributed by atoms with van der Waals surface area (Å²) in [6.07, 6.45) is 0. The third-order valence-corrected chi connectivity index (χ3v) is 5.12. The highest BCUT2D eigenvalue weighted by Gasteiger charge is 2.20. The Labute approximate surface area is 203 Å². The summed E-state index contributed by atoms with van der Waals surface area (Å²) >= 11 is 3.18. The highest BCUT2D eigenvalue weighted by molar-refractivity contribution is 9.10. The molecule has 0 spiro atoms. The van der Waals surface area contributed by atoms with Gasteiger partial charge in [-0.15, -0.1) is 10.2 Å². The highest BCUT2D eigenvalue weighted by Crippen LogP contribution is 2.41. The summed E-state index contributed by atoms with van der Waals surface area (Å²) in [7, 11) is 2.72. The van der Waals surface area contributed by atoms with E-state index in [4.69, 9.17) is 9.47 Å². The number of non-ortho nitro benzene ring substituents is 1. The predicted octanol–water partition coefficient (Wildman–Crippen LogP) is 4.61.